The van der Waals surface area contributed by atoms with Crippen molar-refractivity contribution < 1.29 is 9.53 Å². The molecule has 0 saturated carbocycles. The predicted molar refractivity (Wildman–Crippen MR) is 97.2 cm³/mol. The van der Waals surface area contributed by atoms with E-state index in [-0.39, 0.29) is 5.91 Å². The van der Waals surface area contributed by atoms with Crippen molar-refractivity contribution in [2.45, 2.75) is 20.4 Å². The fourth-order valence-electron chi connectivity index (χ4n) is 2.76. The van der Waals surface area contributed by atoms with Crippen LogP contribution in [-0.4, -0.2) is 22.8 Å². The molecule has 1 heterocycles. The quantitative estimate of drug-likeness (QED) is 0.777. The highest BCUT2D eigenvalue weighted by Gasteiger charge is 2.14. The predicted octanol–water partition coefficient (Wildman–Crippen LogP) is 3.43. The van der Waals surface area contributed by atoms with Crippen LogP contribution in [0.4, 0.5) is 0 Å². The van der Waals surface area contributed by atoms with Gasteiger partial charge in [-0.05, 0) is 50.2 Å². The van der Waals surface area contributed by atoms with Crippen molar-refractivity contribution in [3.05, 3.63) is 77.1 Å². The molecule has 5 heteroatoms. The van der Waals surface area contributed by atoms with Crippen molar-refractivity contribution in [2.24, 2.45) is 0 Å². The van der Waals surface area contributed by atoms with E-state index in [0.29, 0.717) is 12.1 Å². The summed E-state index contributed by atoms with van der Waals surface area (Å²) in [4.78, 5) is 12.3. The molecule has 1 N–H and O–H groups in total. The summed E-state index contributed by atoms with van der Waals surface area (Å²) < 4.78 is 7.02. The van der Waals surface area contributed by atoms with E-state index in [4.69, 9.17) is 4.74 Å². The van der Waals surface area contributed by atoms with Crippen LogP contribution < -0.4 is 10.1 Å². The molecule has 128 valence electrons. The number of carbonyl (C=O) groups is 1. The summed E-state index contributed by atoms with van der Waals surface area (Å²) in [6, 6.07) is 17.0. The third-order valence-electron chi connectivity index (χ3n) is 4.22. The fourth-order valence-corrected chi connectivity index (χ4v) is 2.76. The first kappa shape index (κ1) is 16.8. The van der Waals surface area contributed by atoms with Crippen molar-refractivity contribution in [3.63, 3.8) is 0 Å². The second-order valence-electron chi connectivity index (χ2n) is 5.81. The normalized spacial score (nSPS) is 10.5. The molecule has 0 spiro atoms. The summed E-state index contributed by atoms with van der Waals surface area (Å²) in [6.07, 6.45) is 0. The Labute approximate surface area is 147 Å². The van der Waals surface area contributed by atoms with Crippen LogP contribution in [0.5, 0.6) is 5.75 Å². The Bertz CT molecular complexity index is 868. The molecule has 2 aromatic carbocycles. The third kappa shape index (κ3) is 3.55. The van der Waals surface area contributed by atoms with Crippen LogP contribution in [0.1, 0.15) is 27.3 Å². The molecule has 1 amide bonds. The molecule has 0 fully saturated rings. The van der Waals surface area contributed by atoms with Gasteiger partial charge in [0.1, 0.15) is 5.75 Å². The topological polar surface area (TPSA) is 56.1 Å². The van der Waals surface area contributed by atoms with Crippen molar-refractivity contribution in [1.29, 1.82) is 0 Å². The van der Waals surface area contributed by atoms with E-state index in [1.807, 2.05) is 48.9 Å². The van der Waals surface area contributed by atoms with E-state index in [9.17, 15) is 4.79 Å². The summed E-state index contributed by atoms with van der Waals surface area (Å²) in [5.41, 5.74) is 4.59. The minimum absolute atomic E-state index is 0.117. The maximum absolute atomic E-state index is 12.3. The number of methoxy groups -OCH3 is 1. The van der Waals surface area contributed by atoms with Crippen LogP contribution in [-0.2, 0) is 6.54 Å². The van der Waals surface area contributed by atoms with Crippen molar-refractivity contribution >= 4 is 5.91 Å². The van der Waals surface area contributed by atoms with Crippen LogP contribution in [0.15, 0.2) is 54.6 Å². The number of amides is 1. The van der Waals surface area contributed by atoms with E-state index in [2.05, 4.69) is 10.4 Å². The molecule has 0 aliphatic carbocycles. The minimum atomic E-state index is -0.117. The first-order chi connectivity index (χ1) is 12.1. The number of nitrogens with zero attached hydrogens (tertiary/aromatic N) is 2. The number of ether oxygens (including phenoxy) is 1. The zero-order valence-electron chi connectivity index (χ0n) is 14.6. The molecule has 0 unspecified atom stereocenters. The lowest BCUT2D eigenvalue weighted by Gasteiger charge is -2.08. The molecular weight excluding hydrogens is 314 g/mol. The smallest absolute Gasteiger partial charge is 0.251 e. The van der Waals surface area contributed by atoms with Gasteiger partial charge in [0.05, 0.1) is 18.5 Å². The standard InChI is InChI=1S/C20H21N3O2/c1-14-19(15(2)23(22-14)17-7-5-4-6-8-17)13-21-20(24)16-9-11-18(25-3)12-10-16/h4-12H,13H2,1-3H3,(H,21,24). The zero-order valence-corrected chi connectivity index (χ0v) is 14.6. The molecule has 25 heavy (non-hydrogen) atoms. The van der Waals surface area contributed by atoms with E-state index >= 15 is 0 Å². The van der Waals surface area contributed by atoms with Crippen LogP contribution >= 0.6 is 0 Å². The van der Waals surface area contributed by atoms with Crippen LogP contribution in [0, 0.1) is 13.8 Å². The minimum Gasteiger partial charge on any atom is -0.497 e. The molecule has 3 rings (SSSR count). The van der Waals surface area contributed by atoms with Crippen molar-refractivity contribution in [1.82, 2.24) is 15.1 Å². The SMILES string of the molecule is COc1ccc(C(=O)NCc2c(C)nn(-c3ccccc3)c2C)cc1. The number of rotatable bonds is 5. The highest BCUT2D eigenvalue weighted by Crippen LogP contribution is 2.18. The molecule has 5 nitrogen and oxygen atoms in total. The molecule has 0 atom stereocenters. The zero-order chi connectivity index (χ0) is 17.8. The summed E-state index contributed by atoms with van der Waals surface area (Å²) in [6.45, 7) is 4.42. The Balaban J connectivity index is 1.75. The number of hydrogen-bond donors (Lipinski definition) is 1. The summed E-state index contributed by atoms with van der Waals surface area (Å²) >= 11 is 0. The maximum Gasteiger partial charge on any atom is 0.251 e. The van der Waals surface area contributed by atoms with Gasteiger partial charge in [-0.25, -0.2) is 4.68 Å². The molecule has 0 saturated heterocycles. The second kappa shape index (κ2) is 7.21. The largest absolute Gasteiger partial charge is 0.497 e. The monoisotopic (exact) mass is 335 g/mol. The Morgan fingerprint density at radius 1 is 1.08 bits per heavy atom. The number of para-hydroxylation sites is 1. The van der Waals surface area contributed by atoms with Crippen LogP contribution in [0.25, 0.3) is 5.69 Å². The summed E-state index contributed by atoms with van der Waals surface area (Å²) in [5.74, 6) is 0.612. The van der Waals surface area contributed by atoms with Gasteiger partial charge < -0.3 is 10.1 Å². The van der Waals surface area contributed by atoms with Gasteiger partial charge in [0.25, 0.3) is 5.91 Å². The van der Waals surface area contributed by atoms with Crippen molar-refractivity contribution in [2.75, 3.05) is 7.11 Å². The van der Waals surface area contributed by atoms with Crippen molar-refractivity contribution in [3.8, 4) is 11.4 Å². The van der Waals surface area contributed by atoms with Gasteiger partial charge in [0.2, 0.25) is 0 Å². The first-order valence-corrected chi connectivity index (χ1v) is 8.13. The van der Waals surface area contributed by atoms with E-state index in [1.165, 1.54) is 0 Å². The molecule has 0 aliphatic rings. The average molecular weight is 335 g/mol. The molecule has 3 aromatic rings. The average Bonchev–Trinajstić information content (AvgIpc) is 2.94. The van der Waals surface area contributed by atoms with E-state index in [0.717, 1.165) is 28.4 Å². The number of nitrogens with one attached hydrogen (secondary N) is 1. The molecule has 0 aliphatic heterocycles. The Morgan fingerprint density at radius 3 is 2.40 bits per heavy atom. The third-order valence-corrected chi connectivity index (χ3v) is 4.22. The maximum atomic E-state index is 12.3. The number of carbonyl (C=O) groups excluding carboxylic acids is 1. The highest BCUT2D eigenvalue weighted by atomic mass is 16.5. The lowest BCUT2D eigenvalue weighted by Crippen LogP contribution is -2.23. The summed E-state index contributed by atoms with van der Waals surface area (Å²) in [7, 11) is 1.60. The number of benzene rings is 2. The number of aromatic nitrogens is 2. The molecule has 0 bridgehead atoms. The number of hydrogen-bond acceptors (Lipinski definition) is 3. The van der Waals surface area contributed by atoms with Gasteiger partial charge in [0, 0.05) is 23.4 Å². The van der Waals surface area contributed by atoms with Gasteiger partial charge in [-0.1, -0.05) is 18.2 Å². The Kier molecular flexibility index (Phi) is 4.84. The molecule has 1 aromatic heterocycles. The van der Waals surface area contributed by atoms with Gasteiger partial charge in [-0.2, -0.15) is 5.10 Å². The van der Waals surface area contributed by atoms with Crippen LogP contribution in [0.2, 0.25) is 0 Å². The van der Waals surface area contributed by atoms with Gasteiger partial charge in [0.15, 0.2) is 0 Å². The first-order valence-electron chi connectivity index (χ1n) is 8.13. The van der Waals surface area contributed by atoms with Gasteiger partial charge in [-0.15, -0.1) is 0 Å². The lowest BCUT2D eigenvalue weighted by molar-refractivity contribution is 0.0951. The van der Waals surface area contributed by atoms with Gasteiger partial charge >= 0.3 is 0 Å². The van der Waals surface area contributed by atoms with E-state index < -0.39 is 0 Å². The highest BCUT2D eigenvalue weighted by molar-refractivity contribution is 5.94. The Hall–Kier alpha value is -3.08. The lowest BCUT2D eigenvalue weighted by atomic mass is 10.1. The fraction of sp³-hybridized carbons (Fsp3) is 0.200. The summed E-state index contributed by atoms with van der Waals surface area (Å²) in [5, 5.41) is 7.57. The van der Waals surface area contributed by atoms with E-state index in [1.54, 1.807) is 31.4 Å². The number of aryl methyl sites for hydroxylation is 1. The molecule has 0 radical (unpaired) electrons. The van der Waals surface area contributed by atoms with Gasteiger partial charge in [-0.3, -0.25) is 4.79 Å². The molecular formula is C20H21N3O2. The Morgan fingerprint density at radius 2 is 1.76 bits per heavy atom. The van der Waals surface area contributed by atoms with Crippen LogP contribution in [0.3, 0.4) is 0 Å². The second-order valence-corrected chi connectivity index (χ2v) is 5.81.